The maximum atomic E-state index is 12.0. The highest BCUT2D eigenvalue weighted by Crippen LogP contribution is 2.09. The van der Waals surface area contributed by atoms with Crippen LogP contribution in [0.1, 0.15) is 27.7 Å². The Labute approximate surface area is 82.8 Å². The molecule has 0 heterocycles. The average molecular weight is 209 g/mol. The second kappa shape index (κ2) is 5.12. The molecule has 0 aromatic rings. The van der Waals surface area contributed by atoms with E-state index in [2.05, 4.69) is 5.32 Å². The standard InChI is InChI=1S/C9H17F2NO2/c1-6(7(10)11)5-12-8(13)14-9(2,3)4/h6-7H,5H2,1-4H3,(H,12,13). The van der Waals surface area contributed by atoms with E-state index in [0.717, 1.165) is 0 Å². The van der Waals surface area contributed by atoms with Gasteiger partial charge in [0.1, 0.15) is 5.60 Å². The molecule has 0 rings (SSSR count). The number of hydrogen-bond acceptors (Lipinski definition) is 2. The quantitative estimate of drug-likeness (QED) is 0.775. The van der Waals surface area contributed by atoms with Crippen molar-refractivity contribution in [2.45, 2.75) is 39.7 Å². The molecule has 84 valence electrons. The Balaban J connectivity index is 3.75. The van der Waals surface area contributed by atoms with E-state index in [1.807, 2.05) is 0 Å². The fourth-order valence-electron chi connectivity index (χ4n) is 0.648. The van der Waals surface area contributed by atoms with Gasteiger partial charge in [0.15, 0.2) is 0 Å². The molecule has 0 radical (unpaired) electrons. The van der Waals surface area contributed by atoms with Gasteiger partial charge in [0, 0.05) is 12.5 Å². The van der Waals surface area contributed by atoms with E-state index in [1.54, 1.807) is 20.8 Å². The number of carbonyl (C=O) groups excluding carboxylic acids is 1. The van der Waals surface area contributed by atoms with Gasteiger partial charge < -0.3 is 10.1 Å². The maximum absolute atomic E-state index is 12.0. The fraction of sp³-hybridized carbons (Fsp3) is 0.889. The van der Waals surface area contributed by atoms with Crippen LogP contribution in [0.15, 0.2) is 0 Å². The Hall–Kier alpha value is -0.870. The first-order chi connectivity index (χ1) is 6.22. The van der Waals surface area contributed by atoms with Crippen molar-refractivity contribution in [3.8, 4) is 0 Å². The van der Waals surface area contributed by atoms with Crippen LogP contribution in [-0.2, 0) is 4.74 Å². The number of hydrogen-bond donors (Lipinski definition) is 1. The third-order valence-corrected chi connectivity index (χ3v) is 1.40. The van der Waals surface area contributed by atoms with Crippen LogP contribution in [0.5, 0.6) is 0 Å². The van der Waals surface area contributed by atoms with Crippen molar-refractivity contribution in [3.63, 3.8) is 0 Å². The minimum atomic E-state index is -2.43. The van der Waals surface area contributed by atoms with Crippen molar-refractivity contribution >= 4 is 6.09 Å². The Morgan fingerprint density at radius 1 is 1.43 bits per heavy atom. The lowest BCUT2D eigenvalue weighted by atomic mass is 10.2. The summed E-state index contributed by atoms with van der Waals surface area (Å²) in [5.74, 6) is -0.859. The van der Waals surface area contributed by atoms with Gasteiger partial charge in [-0.05, 0) is 20.8 Å². The summed E-state index contributed by atoms with van der Waals surface area (Å²) in [7, 11) is 0. The Bertz CT molecular complexity index is 190. The van der Waals surface area contributed by atoms with Gasteiger partial charge in [0.05, 0.1) is 0 Å². The second-order valence-electron chi connectivity index (χ2n) is 4.19. The number of amides is 1. The van der Waals surface area contributed by atoms with Crippen LogP contribution in [0.25, 0.3) is 0 Å². The van der Waals surface area contributed by atoms with Crippen molar-refractivity contribution < 1.29 is 18.3 Å². The van der Waals surface area contributed by atoms with Crippen molar-refractivity contribution in [1.29, 1.82) is 0 Å². The Kier molecular flexibility index (Phi) is 4.80. The molecule has 0 fully saturated rings. The highest BCUT2D eigenvalue weighted by atomic mass is 19.3. The molecule has 1 amide bonds. The number of alkyl carbamates (subject to hydrolysis) is 1. The average Bonchev–Trinajstić information content (AvgIpc) is 1.96. The zero-order valence-electron chi connectivity index (χ0n) is 8.93. The van der Waals surface area contributed by atoms with E-state index in [-0.39, 0.29) is 6.54 Å². The maximum Gasteiger partial charge on any atom is 0.407 e. The monoisotopic (exact) mass is 209 g/mol. The van der Waals surface area contributed by atoms with Crippen LogP contribution in [0.4, 0.5) is 13.6 Å². The smallest absolute Gasteiger partial charge is 0.407 e. The van der Waals surface area contributed by atoms with E-state index >= 15 is 0 Å². The van der Waals surface area contributed by atoms with Gasteiger partial charge in [-0.25, -0.2) is 13.6 Å². The minimum absolute atomic E-state index is 0.0768. The molecule has 1 unspecified atom stereocenters. The number of alkyl halides is 2. The normalized spacial score (nSPS) is 13.9. The Morgan fingerprint density at radius 2 is 1.93 bits per heavy atom. The van der Waals surface area contributed by atoms with Crippen LogP contribution in [0.3, 0.4) is 0 Å². The van der Waals surface area contributed by atoms with Gasteiger partial charge in [-0.2, -0.15) is 0 Å². The molecule has 0 saturated heterocycles. The molecule has 3 nitrogen and oxygen atoms in total. The van der Waals surface area contributed by atoms with Crippen LogP contribution in [0, 0.1) is 5.92 Å². The molecule has 0 bridgehead atoms. The number of nitrogens with one attached hydrogen (secondary N) is 1. The zero-order chi connectivity index (χ0) is 11.4. The minimum Gasteiger partial charge on any atom is -0.444 e. The third kappa shape index (κ3) is 6.62. The largest absolute Gasteiger partial charge is 0.444 e. The first kappa shape index (κ1) is 13.1. The van der Waals surface area contributed by atoms with Crippen LogP contribution in [-0.4, -0.2) is 24.7 Å². The van der Waals surface area contributed by atoms with E-state index in [9.17, 15) is 13.6 Å². The molecule has 0 aromatic heterocycles. The second-order valence-corrected chi connectivity index (χ2v) is 4.19. The molecule has 1 N–H and O–H groups in total. The zero-order valence-corrected chi connectivity index (χ0v) is 8.93. The molecule has 5 heteroatoms. The van der Waals surface area contributed by atoms with Crippen LogP contribution in [0.2, 0.25) is 0 Å². The summed E-state index contributed by atoms with van der Waals surface area (Å²) >= 11 is 0. The number of halogens is 2. The van der Waals surface area contributed by atoms with Crippen molar-refractivity contribution in [2.24, 2.45) is 5.92 Å². The molecule has 0 saturated carbocycles. The van der Waals surface area contributed by atoms with E-state index in [1.165, 1.54) is 6.92 Å². The third-order valence-electron chi connectivity index (χ3n) is 1.40. The van der Waals surface area contributed by atoms with Gasteiger partial charge in [0.25, 0.3) is 0 Å². The molecule has 0 spiro atoms. The summed E-state index contributed by atoms with van der Waals surface area (Å²) in [6, 6.07) is 0. The lowest BCUT2D eigenvalue weighted by Crippen LogP contribution is -2.36. The first-order valence-electron chi connectivity index (χ1n) is 4.47. The van der Waals surface area contributed by atoms with Crippen LogP contribution < -0.4 is 5.32 Å². The highest BCUT2D eigenvalue weighted by Gasteiger charge is 2.19. The number of ether oxygens (including phenoxy) is 1. The molecule has 0 aliphatic carbocycles. The molecular formula is C9H17F2NO2. The van der Waals surface area contributed by atoms with E-state index < -0.39 is 24.0 Å². The van der Waals surface area contributed by atoms with E-state index in [0.29, 0.717) is 0 Å². The van der Waals surface area contributed by atoms with Gasteiger partial charge in [-0.15, -0.1) is 0 Å². The summed E-state index contributed by atoms with van der Waals surface area (Å²) < 4.78 is 28.9. The molecule has 0 aliphatic rings. The predicted molar refractivity (Wildman–Crippen MR) is 49.4 cm³/mol. The lowest BCUT2D eigenvalue weighted by Gasteiger charge is -2.20. The molecule has 0 aliphatic heterocycles. The summed E-state index contributed by atoms with van der Waals surface area (Å²) in [6.45, 7) is 6.42. The summed E-state index contributed by atoms with van der Waals surface area (Å²) in [4.78, 5) is 11.0. The van der Waals surface area contributed by atoms with E-state index in [4.69, 9.17) is 4.74 Å². The summed E-state index contributed by atoms with van der Waals surface area (Å²) in [6.07, 6.45) is -3.09. The summed E-state index contributed by atoms with van der Waals surface area (Å²) in [5.41, 5.74) is -0.599. The Morgan fingerprint density at radius 3 is 2.29 bits per heavy atom. The molecule has 14 heavy (non-hydrogen) atoms. The predicted octanol–water partition coefficient (Wildman–Crippen LogP) is 2.41. The number of rotatable bonds is 3. The van der Waals surface area contributed by atoms with Gasteiger partial charge in [-0.1, -0.05) is 6.92 Å². The van der Waals surface area contributed by atoms with Gasteiger partial charge >= 0.3 is 6.09 Å². The van der Waals surface area contributed by atoms with Gasteiger partial charge in [0.2, 0.25) is 6.43 Å². The van der Waals surface area contributed by atoms with Crippen molar-refractivity contribution in [1.82, 2.24) is 5.32 Å². The SMILES string of the molecule is CC(CNC(=O)OC(C)(C)C)C(F)F. The number of carbonyl (C=O) groups is 1. The van der Waals surface area contributed by atoms with Crippen molar-refractivity contribution in [3.05, 3.63) is 0 Å². The summed E-state index contributed by atoms with van der Waals surface area (Å²) in [5, 5.41) is 2.28. The first-order valence-corrected chi connectivity index (χ1v) is 4.47. The van der Waals surface area contributed by atoms with Crippen LogP contribution >= 0.6 is 0 Å². The topological polar surface area (TPSA) is 38.3 Å². The molecular weight excluding hydrogens is 192 g/mol. The molecule has 0 aromatic carbocycles. The lowest BCUT2D eigenvalue weighted by molar-refractivity contribution is 0.0468. The van der Waals surface area contributed by atoms with Crippen molar-refractivity contribution in [2.75, 3.05) is 6.54 Å². The van der Waals surface area contributed by atoms with Gasteiger partial charge in [-0.3, -0.25) is 0 Å². The highest BCUT2D eigenvalue weighted by molar-refractivity contribution is 5.67. The fourth-order valence-corrected chi connectivity index (χ4v) is 0.648. The molecule has 1 atom stereocenters.